The molecule has 8 nitrogen and oxygen atoms in total. The van der Waals surface area contributed by atoms with E-state index in [4.69, 9.17) is 9.47 Å². The molecule has 32 heavy (non-hydrogen) atoms. The van der Waals surface area contributed by atoms with E-state index in [1.165, 1.54) is 6.07 Å². The standard InChI is InChI=1S/C24H25N3O5/c1-31-18-9-6-16(7-10-18)14-25-22(28)15-32-24(30)17-8-11-19-20(13-17)26-21-5-3-2-4-12-27(21)23(19)29/h6-11,13H,2-5,12,14-15H2,1H3,(H,25,28). The van der Waals surface area contributed by atoms with Crippen LogP contribution in [0.15, 0.2) is 47.3 Å². The lowest BCUT2D eigenvalue weighted by Gasteiger charge is -2.11. The summed E-state index contributed by atoms with van der Waals surface area (Å²) < 4.78 is 12.0. The third kappa shape index (κ3) is 4.80. The molecule has 2 heterocycles. The number of amides is 1. The van der Waals surface area contributed by atoms with Crippen LogP contribution in [0.2, 0.25) is 0 Å². The van der Waals surface area contributed by atoms with E-state index in [1.54, 1.807) is 35.9 Å². The van der Waals surface area contributed by atoms with E-state index >= 15 is 0 Å². The minimum atomic E-state index is -0.636. The molecule has 0 unspecified atom stereocenters. The average molecular weight is 435 g/mol. The molecule has 3 aromatic rings. The lowest BCUT2D eigenvalue weighted by Crippen LogP contribution is -2.28. The molecule has 0 fully saturated rings. The van der Waals surface area contributed by atoms with Crippen LogP contribution in [0.3, 0.4) is 0 Å². The van der Waals surface area contributed by atoms with Gasteiger partial charge in [-0.15, -0.1) is 0 Å². The second-order valence-electron chi connectivity index (χ2n) is 7.73. The first-order valence-corrected chi connectivity index (χ1v) is 10.7. The molecule has 8 heteroatoms. The number of esters is 1. The molecule has 166 valence electrons. The van der Waals surface area contributed by atoms with Gasteiger partial charge in [-0.1, -0.05) is 18.6 Å². The van der Waals surface area contributed by atoms with Gasteiger partial charge in [-0.05, 0) is 48.7 Å². The van der Waals surface area contributed by atoms with Crippen molar-refractivity contribution in [1.82, 2.24) is 14.9 Å². The fraction of sp³-hybridized carbons (Fsp3) is 0.333. The highest BCUT2D eigenvalue weighted by molar-refractivity contribution is 5.95. The van der Waals surface area contributed by atoms with Crippen LogP contribution in [0.4, 0.5) is 0 Å². The van der Waals surface area contributed by atoms with E-state index in [2.05, 4.69) is 10.3 Å². The summed E-state index contributed by atoms with van der Waals surface area (Å²) in [5, 5.41) is 3.18. The second kappa shape index (κ2) is 9.64. The van der Waals surface area contributed by atoms with E-state index in [-0.39, 0.29) is 11.1 Å². The van der Waals surface area contributed by atoms with Crippen molar-refractivity contribution >= 4 is 22.8 Å². The van der Waals surface area contributed by atoms with Crippen molar-refractivity contribution in [1.29, 1.82) is 0 Å². The highest BCUT2D eigenvalue weighted by Crippen LogP contribution is 2.17. The number of aromatic nitrogens is 2. The first-order chi connectivity index (χ1) is 15.5. The lowest BCUT2D eigenvalue weighted by atomic mass is 10.1. The number of hydrogen-bond donors (Lipinski definition) is 1. The van der Waals surface area contributed by atoms with Gasteiger partial charge in [0.2, 0.25) is 0 Å². The molecule has 0 aliphatic carbocycles. The minimum Gasteiger partial charge on any atom is -0.497 e. The number of fused-ring (bicyclic) bond motifs is 2. The summed E-state index contributed by atoms with van der Waals surface area (Å²) in [7, 11) is 1.59. The molecule has 0 saturated heterocycles. The summed E-state index contributed by atoms with van der Waals surface area (Å²) in [6.07, 6.45) is 3.77. The molecule has 2 aromatic carbocycles. The Kier molecular flexibility index (Phi) is 6.49. The molecule has 0 spiro atoms. The van der Waals surface area contributed by atoms with Crippen molar-refractivity contribution in [3.8, 4) is 5.75 Å². The third-order valence-electron chi connectivity index (χ3n) is 5.54. The van der Waals surface area contributed by atoms with E-state index in [0.717, 1.165) is 42.8 Å². The monoisotopic (exact) mass is 435 g/mol. The summed E-state index contributed by atoms with van der Waals surface area (Å²) in [6.45, 7) is 0.592. The lowest BCUT2D eigenvalue weighted by molar-refractivity contribution is -0.124. The largest absolute Gasteiger partial charge is 0.497 e. The maximum absolute atomic E-state index is 12.8. The number of hydrogen-bond acceptors (Lipinski definition) is 6. The van der Waals surface area contributed by atoms with Crippen LogP contribution in [0.5, 0.6) is 5.75 Å². The molecule has 1 N–H and O–H groups in total. The van der Waals surface area contributed by atoms with Gasteiger partial charge in [-0.25, -0.2) is 9.78 Å². The number of carbonyl (C=O) groups excluding carboxylic acids is 2. The van der Waals surface area contributed by atoms with Gasteiger partial charge >= 0.3 is 5.97 Å². The fourth-order valence-electron chi connectivity index (χ4n) is 3.75. The number of nitrogens with zero attached hydrogens (tertiary/aromatic N) is 2. The zero-order chi connectivity index (χ0) is 22.5. The van der Waals surface area contributed by atoms with Crippen molar-refractivity contribution in [2.45, 2.75) is 38.8 Å². The van der Waals surface area contributed by atoms with Crippen molar-refractivity contribution in [2.24, 2.45) is 0 Å². The molecule has 0 atom stereocenters. The Bertz CT molecular complexity index is 1200. The Hall–Kier alpha value is -3.68. The molecular weight excluding hydrogens is 410 g/mol. The normalized spacial score (nSPS) is 13.2. The molecule has 1 aromatic heterocycles. The van der Waals surface area contributed by atoms with E-state index in [0.29, 0.717) is 24.0 Å². The summed E-state index contributed by atoms with van der Waals surface area (Å²) in [6, 6.07) is 12.0. The molecule has 1 aliphatic rings. The zero-order valence-electron chi connectivity index (χ0n) is 17.9. The van der Waals surface area contributed by atoms with Crippen LogP contribution in [0.1, 0.15) is 41.0 Å². The van der Waals surface area contributed by atoms with Crippen LogP contribution >= 0.6 is 0 Å². The van der Waals surface area contributed by atoms with Gasteiger partial charge in [0.25, 0.3) is 11.5 Å². The molecule has 0 saturated carbocycles. The zero-order valence-corrected chi connectivity index (χ0v) is 17.9. The molecule has 1 amide bonds. The predicted molar refractivity (Wildman–Crippen MR) is 119 cm³/mol. The Morgan fingerprint density at radius 2 is 1.91 bits per heavy atom. The number of carbonyl (C=O) groups is 2. The third-order valence-corrected chi connectivity index (χ3v) is 5.54. The summed E-state index contributed by atoms with van der Waals surface area (Å²) in [5.41, 5.74) is 1.55. The number of aryl methyl sites for hydroxylation is 1. The number of nitrogens with one attached hydrogen (secondary N) is 1. The van der Waals surface area contributed by atoms with Gasteiger partial charge in [0.15, 0.2) is 6.61 Å². The van der Waals surface area contributed by atoms with Crippen LogP contribution < -0.4 is 15.6 Å². The van der Waals surface area contributed by atoms with Crippen LogP contribution in [-0.2, 0) is 29.0 Å². The van der Waals surface area contributed by atoms with Crippen molar-refractivity contribution in [3.63, 3.8) is 0 Å². The molecule has 0 radical (unpaired) electrons. The van der Waals surface area contributed by atoms with Crippen molar-refractivity contribution in [2.75, 3.05) is 13.7 Å². The smallest absolute Gasteiger partial charge is 0.338 e. The van der Waals surface area contributed by atoms with E-state index in [1.807, 2.05) is 12.1 Å². The second-order valence-corrected chi connectivity index (χ2v) is 7.73. The maximum Gasteiger partial charge on any atom is 0.338 e. The number of methoxy groups -OCH3 is 1. The SMILES string of the molecule is COc1ccc(CNC(=O)COC(=O)c2ccc3c(=O)n4c(nc3c2)CCCCC4)cc1. The fourth-order valence-corrected chi connectivity index (χ4v) is 3.75. The van der Waals surface area contributed by atoms with Gasteiger partial charge in [-0.3, -0.25) is 14.2 Å². The summed E-state index contributed by atoms with van der Waals surface area (Å²) in [4.78, 5) is 41.9. The average Bonchev–Trinajstić information content (AvgIpc) is 3.07. The van der Waals surface area contributed by atoms with Crippen LogP contribution in [-0.4, -0.2) is 35.1 Å². The minimum absolute atomic E-state index is 0.0790. The van der Waals surface area contributed by atoms with Crippen molar-refractivity contribution < 1.29 is 19.1 Å². The van der Waals surface area contributed by atoms with Crippen LogP contribution in [0.25, 0.3) is 10.9 Å². The quantitative estimate of drug-likeness (QED) is 0.598. The molecular formula is C24H25N3O5. The Balaban J connectivity index is 1.38. The highest BCUT2D eigenvalue weighted by atomic mass is 16.5. The van der Waals surface area contributed by atoms with Gasteiger partial charge < -0.3 is 14.8 Å². The van der Waals surface area contributed by atoms with E-state index in [9.17, 15) is 14.4 Å². The number of ether oxygens (including phenoxy) is 2. The number of rotatable bonds is 6. The van der Waals surface area contributed by atoms with E-state index < -0.39 is 18.5 Å². The predicted octanol–water partition coefficient (Wildman–Crippen LogP) is 2.60. The maximum atomic E-state index is 12.8. The Morgan fingerprint density at radius 1 is 1.09 bits per heavy atom. The molecule has 0 bridgehead atoms. The topological polar surface area (TPSA) is 99.5 Å². The highest BCUT2D eigenvalue weighted by Gasteiger charge is 2.16. The van der Waals surface area contributed by atoms with Gasteiger partial charge in [-0.2, -0.15) is 0 Å². The van der Waals surface area contributed by atoms with Gasteiger partial charge in [0, 0.05) is 19.5 Å². The first kappa shape index (κ1) is 21.5. The van der Waals surface area contributed by atoms with Gasteiger partial charge in [0.05, 0.1) is 23.6 Å². The van der Waals surface area contributed by atoms with Crippen molar-refractivity contribution in [3.05, 3.63) is 69.8 Å². The van der Waals surface area contributed by atoms with Gasteiger partial charge in [0.1, 0.15) is 11.6 Å². The summed E-state index contributed by atoms with van der Waals surface area (Å²) >= 11 is 0. The molecule has 1 aliphatic heterocycles. The Morgan fingerprint density at radius 3 is 2.69 bits per heavy atom. The molecule has 4 rings (SSSR count). The first-order valence-electron chi connectivity index (χ1n) is 10.7. The van der Waals surface area contributed by atoms with Crippen LogP contribution in [0, 0.1) is 0 Å². The number of benzene rings is 2. The Labute approximate surface area is 185 Å². The summed E-state index contributed by atoms with van der Waals surface area (Å²) in [5.74, 6) is 0.445.